The van der Waals surface area contributed by atoms with E-state index in [9.17, 15) is 38.0 Å². The number of hydrogen-bond donors (Lipinski definition) is 2. The van der Waals surface area contributed by atoms with Gasteiger partial charge in [-0.05, 0) is 87.9 Å². The molecule has 0 spiro atoms. The normalized spacial score (nSPS) is 24.9. The Morgan fingerprint density at radius 1 is 0.945 bits per heavy atom. The fourth-order valence-electron chi connectivity index (χ4n) is 9.60. The molecule has 2 N–H and O–H groups in total. The van der Waals surface area contributed by atoms with Gasteiger partial charge in [-0.1, -0.05) is 25.7 Å². The third-order valence-electron chi connectivity index (χ3n) is 12.0. The molecule has 5 aliphatic rings. The van der Waals surface area contributed by atoms with Crippen LogP contribution < -0.4 is 61.5 Å². The summed E-state index contributed by atoms with van der Waals surface area (Å²) in [7, 11) is -4.71. The summed E-state index contributed by atoms with van der Waals surface area (Å²) >= 11 is 0.844. The van der Waals surface area contributed by atoms with Crippen LogP contribution >= 0.6 is 12.0 Å². The molecule has 2 aromatic carbocycles. The molecule has 0 saturated carbocycles. The molecule has 0 fully saturated rings. The molecule has 0 bridgehead atoms. The van der Waals surface area contributed by atoms with Crippen molar-refractivity contribution in [2.24, 2.45) is 0 Å². The van der Waals surface area contributed by atoms with Gasteiger partial charge < -0.3 is 29.7 Å². The van der Waals surface area contributed by atoms with Crippen LogP contribution in [0.3, 0.4) is 0 Å². The van der Waals surface area contributed by atoms with Gasteiger partial charge in [0.2, 0.25) is 5.69 Å². The van der Waals surface area contributed by atoms with E-state index in [1.54, 1.807) is 6.07 Å². The minimum absolute atomic E-state index is 0. The van der Waals surface area contributed by atoms with Crippen molar-refractivity contribution in [1.82, 2.24) is 0 Å². The van der Waals surface area contributed by atoms with E-state index >= 15 is 0 Å². The minimum Gasteiger partial charge on any atom is -0.744 e. The molecule has 5 aliphatic heterocycles. The Kier molecular flexibility index (Phi) is 13.3. The number of hydrogen-bond acceptors (Lipinski definition) is 11. The van der Waals surface area contributed by atoms with E-state index < -0.39 is 32.9 Å². The van der Waals surface area contributed by atoms with Gasteiger partial charge in [-0.15, -0.1) is 0 Å². The summed E-state index contributed by atoms with van der Waals surface area (Å²) in [5.74, 6) is -1.66. The Bertz CT molecular complexity index is 2070. The number of carboxylic acid groups (broad SMARTS) is 2. The predicted molar refractivity (Wildman–Crippen MR) is 195 cm³/mol. The third kappa shape index (κ3) is 8.21. The van der Waals surface area contributed by atoms with Crippen LogP contribution in [0.4, 0.5) is 11.4 Å². The first-order chi connectivity index (χ1) is 25.8. The van der Waals surface area contributed by atoms with E-state index in [4.69, 9.17) is 4.74 Å². The van der Waals surface area contributed by atoms with Gasteiger partial charge in [0.25, 0.3) is 0 Å². The molecule has 0 saturated heterocycles. The van der Waals surface area contributed by atoms with Crippen LogP contribution in [0, 0.1) is 0 Å². The molecule has 7 rings (SSSR count). The Balaban J connectivity index is 0.00000514. The van der Waals surface area contributed by atoms with Gasteiger partial charge in [-0.2, -0.15) is 8.91 Å². The summed E-state index contributed by atoms with van der Waals surface area (Å²) in [5, 5.41) is 32.8. The van der Waals surface area contributed by atoms with Crippen molar-refractivity contribution in [2.45, 2.75) is 124 Å². The van der Waals surface area contributed by atoms with Crippen molar-refractivity contribution in [3.05, 3.63) is 70.4 Å². The Morgan fingerprint density at radius 3 is 2.29 bits per heavy atom. The molecule has 4 atom stereocenters. The van der Waals surface area contributed by atoms with Crippen LogP contribution in [-0.2, 0) is 44.6 Å². The second-order valence-corrected chi connectivity index (χ2v) is 17.5. The topological polar surface area (TPSA) is 189 Å². The van der Waals surface area contributed by atoms with Crippen molar-refractivity contribution in [2.75, 3.05) is 18.0 Å². The molecule has 5 heterocycles. The average Bonchev–Trinajstić information content (AvgIpc) is 3.53. The quantitative estimate of drug-likeness (QED) is 0.0479. The summed E-state index contributed by atoms with van der Waals surface area (Å²) in [6.45, 7) is 5.71. The minimum atomic E-state index is -4.71. The van der Waals surface area contributed by atoms with E-state index in [1.165, 1.54) is 12.1 Å². The number of carbonyl (C=O) groups is 2. The second-order valence-electron chi connectivity index (χ2n) is 15.4. The first-order valence-electron chi connectivity index (χ1n) is 18.6. The van der Waals surface area contributed by atoms with Crippen molar-refractivity contribution in [1.29, 1.82) is 0 Å². The standard InChI is InChI=1S/C39H46N2O11S2.K/c1-38(17-7-3-5-9-34(42)43)28-21-24(53-52-51-46)11-13-30(28)40-19-15-32-26(36(38)40)23-27-33(50-32)16-20-41-31-14-12-25(54(47,48)49)22-29(31)39(2,37(27)41)18-8-4-6-10-35(44)45;/h11-14,21-23,32-33H,3-10,15-20H2,1-2H3,(H3-,42,43,44,45,46,47,48,49);/q;+1/p-1. The molecule has 0 aromatic heterocycles. The molecule has 55 heavy (non-hydrogen) atoms. The third-order valence-corrected chi connectivity index (χ3v) is 13.4. The Morgan fingerprint density at radius 2 is 1.64 bits per heavy atom. The number of carboxylic acids is 2. The average molecular weight is 821 g/mol. The van der Waals surface area contributed by atoms with Crippen LogP contribution in [0.1, 0.15) is 102 Å². The van der Waals surface area contributed by atoms with Gasteiger partial charge in [0.15, 0.2) is 12.3 Å². The van der Waals surface area contributed by atoms with Gasteiger partial charge in [0.05, 0.1) is 34.6 Å². The Labute approximate surface area is 368 Å². The molecule has 4 unspecified atom stereocenters. The molecular weight excluding hydrogens is 776 g/mol. The molecule has 13 nitrogen and oxygen atoms in total. The number of aliphatic carboxylic acids is 2. The number of unbranched alkanes of at least 4 members (excludes halogenated alkanes) is 4. The molecule has 290 valence electrons. The summed E-state index contributed by atoms with van der Waals surface area (Å²) in [6.07, 6.45) is 9.01. The zero-order valence-electron chi connectivity index (χ0n) is 31.4. The summed E-state index contributed by atoms with van der Waals surface area (Å²) < 4.78 is 50.8. The van der Waals surface area contributed by atoms with E-state index in [2.05, 4.69) is 38.8 Å². The van der Waals surface area contributed by atoms with Gasteiger partial charge in [0, 0.05) is 70.3 Å². The summed E-state index contributed by atoms with van der Waals surface area (Å²) in [4.78, 5) is 25.2. The van der Waals surface area contributed by atoms with Crippen molar-refractivity contribution in [3.8, 4) is 0 Å². The van der Waals surface area contributed by atoms with E-state index in [0.717, 1.165) is 95.7 Å². The predicted octanol–water partition coefficient (Wildman–Crippen LogP) is 2.79. The number of rotatable bonds is 16. The first-order valence-corrected chi connectivity index (χ1v) is 20.8. The molecular formula is C39H45KN2O11S2. The smallest absolute Gasteiger partial charge is 0.744 e. The Hall–Kier alpha value is -1.93. The SMILES string of the molecule is CC1(CCCCCC(=O)O)C2=C3C=C4C5=[N+](CCC4OC3CCN2c2ccc(S(=O)(=O)[O-])cc21)c1ccc(SOO[O-])cc1C5(C)CCCCCC(=O)O.[K+]. The number of anilines is 1. The van der Waals surface area contributed by atoms with Gasteiger partial charge >= 0.3 is 63.3 Å². The summed E-state index contributed by atoms with van der Waals surface area (Å²) in [5.41, 5.74) is 6.85. The monoisotopic (exact) mass is 820 g/mol. The van der Waals surface area contributed by atoms with Crippen LogP contribution in [0.15, 0.2) is 69.1 Å². The summed E-state index contributed by atoms with van der Waals surface area (Å²) in [6, 6.07) is 10.6. The van der Waals surface area contributed by atoms with Crippen molar-refractivity contribution < 1.29 is 108 Å². The maximum Gasteiger partial charge on any atom is 1.00 e. The zero-order valence-corrected chi connectivity index (χ0v) is 36.1. The number of fused-ring (bicyclic) bond motifs is 8. The maximum absolute atomic E-state index is 12.3. The zero-order chi connectivity index (χ0) is 38.4. The van der Waals surface area contributed by atoms with E-state index in [1.807, 2.05) is 18.2 Å². The van der Waals surface area contributed by atoms with Crippen LogP contribution in [0.5, 0.6) is 0 Å². The number of nitrogens with zero attached hydrogens (tertiary/aromatic N) is 2. The maximum atomic E-state index is 12.3. The number of allylic oxidation sites excluding steroid dienone is 1. The van der Waals surface area contributed by atoms with Gasteiger partial charge in [0.1, 0.15) is 10.1 Å². The fraction of sp³-hybridized carbons (Fsp3) is 0.513. The largest absolute Gasteiger partial charge is 1.00 e. The van der Waals surface area contributed by atoms with Gasteiger partial charge in [-0.3, -0.25) is 14.6 Å². The fourth-order valence-corrected chi connectivity index (χ4v) is 10.5. The van der Waals surface area contributed by atoms with Crippen LogP contribution in [-0.4, -0.2) is 70.7 Å². The molecule has 16 heteroatoms. The van der Waals surface area contributed by atoms with Crippen LogP contribution in [0.2, 0.25) is 0 Å². The molecule has 0 amide bonds. The molecule has 0 aliphatic carbocycles. The molecule has 2 aromatic rings. The van der Waals surface area contributed by atoms with E-state index in [0.29, 0.717) is 43.5 Å². The number of benzene rings is 2. The van der Waals surface area contributed by atoms with Crippen molar-refractivity contribution in [3.63, 3.8) is 0 Å². The van der Waals surface area contributed by atoms with Gasteiger partial charge in [-0.25, -0.2) is 8.42 Å². The number of ether oxygens (including phenoxy) is 1. The van der Waals surface area contributed by atoms with E-state index in [-0.39, 0.29) is 81.3 Å². The second kappa shape index (κ2) is 17.1. The van der Waals surface area contributed by atoms with Crippen molar-refractivity contribution >= 4 is 51.2 Å². The van der Waals surface area contributed by atoms with Crippen LogP contribution in [0.25, 0.3) is 0 Å². The molecule has 0 radical (unpaired) electrons. The first kappa shape index (κ1) is 42.7.